The highest BCUT2D eigenvalue weighted by Gasteiger charge is 2.44. The van der Waals surface area contributed by atoms with Crippen LogP contribution >= 0.6 is 0 Å². The van der Waals surface area contributed by atoms with Crippen LogP contribution in [0, 0.1) is 5.92 Å². The van der Waals surface area contributed by atoms with E-state index < -0.39 is 0 Å². The highest BCUT2D eigenvalue weighted by molar-refractivity contribution is 5.76. The first kappa shape index (κ1) is 16.3. The van der Waals surface area contributed by atoms with Gasteiger partial charge in [0, 0.05) is 24.0 Å². The minimum absolute atomic E-state index is 0.0936. The van der Waals surface area contributed by atoms with Crippen molar-refractivity contribution in [2.75, 3.05) is 13.1 Å². The molecule has 1 saturated heterocycles. The molecule has 1 aromatic rings. The van der Waals surface area contributed by atoms with Gasteiger partial charge in [-0.15, -0.1) is 0 Å². The Bertz CT molecular complexity index is 543. The Kier molecular flexibility index (Phi) is 4.62. The van der Waals surface area contributed by atoms with Gasteiger partial charge in [0.1, 0.15) is 0 Å². The number of nitrogens with two attached hydrogens (primary N) is 1. The Labute approximate surface area is 139 Å². The van der Waals surface area contributed by atoms with Gasteiger partial charge in [0.25, 0.3) is 0 Å². The molecular weight excluding hydrogens is 286 g/mol. The Morgan fingerprint density at radius 3 is 2.65 bits per heavy atom. The fourth-order valence-electron chi connectivity index (χ4n) is 4.38. The molecule has 2 fully saturated rings. The maximum atomic E-state index is 12.8. The van der Waals surface area contributed by atoms with E-state index in [-0.39, 0.29) is 11.6 Å². The monoisotopic (exact) mass is 315 g/mol. The van der Waals surface area contributed by atoms with Crippen LogP contribution in [0.1, 0.15) is 51.0 Å². The van der Waals surface area contributed by atoms with E-state index in [9.17, 15) is 4.79 Å². The summed E-state index contributed by atoms with van der Waals surface area (Å²) >= 11 is 0. The molecule has 0 aromatic heterocycles. The summed E-state index contributed by atoms with van der Waals surface area (Å²) < 4.78 is 0. The number of nitrogens with one attached hydrogen (secondary N) is 1. The van der Waals surface area contributed by atoms with Crippen LogP contribution in [0.15, 0.2) is 30.3 Å². The van der Waals surface area contributed by atoms with Crippen molar-refractivity contribution in [3.8, 4) is 0 Å². The third kappa shape index (κ3) is 3.23. The van der Waals surface area contributed by atoms with Crippen molar-refractivity contribution in [3.63, 3.8) is 0 Å². The molecule has 1 aliphatic heterocycles. The van der Waals surface area contributed by atoms with Crippen molar-refractivity contribution in [2.24, 2.45) is 11.7 Å². The summed E-state index contributed by atoms with van der Waals surface area (Å²) in [7, 11) is 0. The molecule has 1 aromatic carbocycles. The lowest BCUT2D eigenvalue weighted by atomic mass is 9.83. The van der Waals surface area contributed by atoms with Crippen LogP contribution in [0.2, 0.25) is 0 Å². The molecule has 4 heteroatoms. The first-order valence-corrected chi connectivity index (χ1v) is 8.85. The van der Waals surface area contributed by atoms with E-state index >= 15 is 0 Å². The zero-order chi connectivity index (χ0) is 16.4. The molecule has 126 valence electrons. The second kappa shape index (κ2) is 6.52. The zero-order valence-corrected chi connectivity index (χ0v) is 14.3. The summed E-state index contributed by atoms with van der Waals surface area (Å²) in [6.07, 6.45) is 4.25. The van der Waals surface area contributed by atoms with Gasteiger partial charge in [-0.1, -0.05) is 30.3 Å². The highest BCUT2D eigenvalue weighted by atomic mass is 16.2. The molecule has 1 aliphatic carbocycles. The smallest absolute Gasteiger partial charge is 0.318 e. The SMILES string of the molecule is CC1(C)C(c2ccccc2)CCN1C(=O)NC1CCC(CN)C1. The molecule has 3 atom stereocenters. The van der Waals surface area contributed by atoms with Gasteiger partial charge >= 0.3 is 6.03 Å². The lowest BCUT2D eigenvalue weighted by Crippen LogP contribution is -2.51. The molecule has 1 saturated carbocycles. The second-order valence-electron chi connectivity index (χ2n) is 7.62. The van der Waals surface area contributed by atoms with Crippen LogP contribution in [-0.4, -0.2) is 35.6 Å². The van der Waals surface area contributed by atoms with Crippen molar-refractivity contribution in [1.29, 1.82) is 0 Å². The number of benzene rings is 1. The summed E-state index contributed by atoms with van der Waals surface area (Å²) in [5, 5.41) is 3.24. The molecule has 2 aliphatic rings. The van der Waals surface area contributed by atoms with Crippen molar-refractivity contribution < 1.29 is 4.79 Å². The van der Waals surface area contributed by atoms with Crippen LogP contribution < -0.4 is 11.1 Å². The van der Waals surface area contributed by atoms with Crippen molar-refractivity contribution in [2.45, 2.75) is 57.0 Å². The number of rotatable bonds is 3. The molecule has 3 rings (SSSR count). The summed E-state index contributed by atoms with van der Waals surface area (Å²) in [5.41, 5.74) is 6.93. The van der Waals surface area contributed by atoms with Crippen LogP contribution in [0.5, 0.6) is 0 Å². The Morgan fingerprint density at radius 1 is 1.26 bits per heavy atom. The average molecular weight is 315 g/mol. The van der Waals surface area contributed by atoms with Crippen molar-refractivity contribution >= 4 is 6.03 Å². The molecule has 4 nitrogen and oxygen atoms in total. The van der Waals surface area contributed by atoms with E-state index in [4.69, 9.17) is 5.73 Å². The first-order valence-electron chi connectivity index (χ1n) is 8.85. The second-order valence-corrected chi connectivity index (χ2v) is 7.62. The van der Waals surface area contributed by atoms with E-state index in [0.29, 0.717) is 17.9 Å². The van der Waals surface area contributed by atoms with Gasteiger partial charge in [0.2, 0.25) is 0 Å². The standard InChI is InChI=1S/C19H29N3O/c1-19(2)17(15-6-4-3-5-7-15)10-11-22(19)18(23)21-16-9-8-14(12-16)13-20/h3-7,14,16-17H,8-13,20H2,1-2H3,(H,21,23). The molecular formula is C19H29N3O. The van der Waals surface area contributed by atoms with E-state index in [1.807, 2.05) is 11.0 Å². The molecule has 0 spiro atoms. The number of likely N-dealkylation sites (tertiary alicyclic amines) is 1. The van der Waals surface area contributed by atoms with E-state index in [2.05, 4.69) is 43.4 Å². The van der Waals surface area contributed by atoms with Crippen LogP contribution in [0.3, 0.4) is 0 Å². The molecule has 0 bridgehead atoms. The van der Waals surface area contributed by atoms with Crippen molar-refractivity contribution in [3.05, 3.63) is 35.9 Å². The number of hydrogen-bond donors (Lipinski definition) is 2. The third-order valence-corrected chi connectivity index (χ3v) is 5.84. The van der Waals surface area contributed by atoms with Gasteiger partial charge in [-0.05, 0) is 57.6 Å². The quantitative estimate of drug-likeness (QED) is 0.900. The number of carbonyl (C=O) groups excluding carboxylic acids is 1. The number of urea groups is 1. The van der Waals surface area contributed by atoms with Crippen LogP contribution in [0.25, 0.3) is 0 Å². The third-order valence-electron chi connectivity index (χ3n) is 5.84. The normalized spacial score (nSPS) is 29.7. The maximum Gasteiger partial charge on any atom is 0.318 e. The largest absolute Gasteiger partial charge is 0.335 e. The fourth-order valence-corrected chi connectivity index (χ4v) is 4.38. The van der Waals surface area contributed by atoms with E-state index in [0.717, 1.165) is 38.8 Å². The molecule has 2 amide bonds. The number of amides is 2. The minimum atomic E-state index is -0.155. The van der Waals surface area contributed by atoms with Crippen LogP contribution in [0.4, 0.5) is 4.79 Å². The Balaban J connectivity index is 1.65. The molecule has 23 heavy (non-hydrogen) atoms. The topological polar surface area (TPSA) is 58.4 Å². The number of carbonyl (C=O) groups is 1. The summed E-state index contributed by atoms with van der Waals surface area (Å²) in [5.74, 6) is 0.971. The summed E-state index contributed by atoms with van der Waals surface area (Å²) in [6, 6.07) is 11.0. The van der Waals surface area contributed by atoms with E-state index in [1.54, 1.807) is 0 Å². The van der Waals surface area contributed by atoms with Gasteiger partial charge < -0.3 is 16.0 Å². The lowest BCUT2D eigenvalue weighted by Gasteiger charge is -2.37. The van der Waals surface area contributed by atoms with Gasteiger partial charge in [0.15, 0.2) is 0 Å². The van der Waals surface area contributed by atoms with Gasteiger partial charge in [0.05, 0.1) is 0 Å². The highest BCUT2D eigenvalue weighted by Crippen LogP contribution is 2.41. The Morgan fingerprint density at radius 2 is 2.00 bits per heavy atom. The van der Waals surface area contributed by atoms with Gasteiger partial charge in [-0.2, -0.15) is 0 Å². The zero-order valence-electron chi connectivity index (χ0n) is 14.3. The molecule has 0 radical (unpaired) electrons. The Hall–Kier alpha value is -1.55. The predicted octanol–water partition coefficient (Wildman–Crippen LogP) is 3.09. The number of hydrogen-bond acceptors (Lipinski definition) is 2. The van der Waals surface area contributed by atoms with Crippen LogP contribution in [-0.2, 0) is 0 Å². The predicted molar refractivity (Wildman–Crippen MR) is 93.3 cm³/mol. The average Bonchev–Trinajstić information content (AvgIpc) is 3.11. The van der Waals surface area contributed by atoms with E-state index in [1.165, 1.54) is 5.56 Å². The summed E-state index contributed by atoms with van der Waals surface area (Å²) in [6.45, 7) is 5.94. The van der Waals surface area contributed by atoms with Crippen molar-refractivity contribution in [1.82, 2.24) is 10.2 Å². The first-order chi connectivity index (χ1) is 11.0. The molecule has 3 unspecified atom stereocenters. The fraction of sp³-hybridized carbons (Fsp3) is 0.632. The molecule has 1 heterocycles. The minimum Gasteiger partial charge on any atom is -0.335 e. The van der Waals surface area contributed by atoms with Gasteiger partial charge in [-0.3, -0.25) is 0 Å². The molecule has 3 N–H and O–H groups in total. The maximum absolute atomic E-state index is 12.8. The summed E-state index contributed by atoms with van der Waals surface area (Å²) in [4.78, 5) is 14.8. The van der Waals surface area contributed by atoms with Gasteiger partial charge in [-0.25, -0.2) is 4.79 Å². The number of nitrogens with zero attached hydrogens (tertiary/aromatic N) is 1. The lowest BCUT2D eigenvalue weighted by molar-refractivity contribution is 0.155.